The predicted molar refractivity (Wildman–Crippen MR) is 522 cm³/mol. The number of ether oxygens (including phenoxy) is 4. The largest absolute Gasteiger partial charge is 0.462 e. The van der Waals surface area contributed by atoms with Crippen LogP contribution < -0.4 is 37.2 Å². The molecular weight excluding hydrogens is 1810 g/mol. The van der Waals surface area contributed by atoms with Crippen molar-refractivity contribution in [2.24, 2.45) is 35.5 Å². The van der Waals surface area contributed by atoms with Crippen molar-refractivity contribution in [2.45, 2.75) is 240 Å². The minimum atomic E-state index is -0.957. The van der Waals surface area contributed by atoms with Crippen molar-refractivity contribution >= 4 is 106 Å². The average molecular weight is 1940 g/mol. The summed E-state index contributed by atoms with van der Waals surface area (Å²) in [6, 6.07) is 49.6. The van der Waals surface area contributed by atoms with Crippen molar-refractivity contribution < 1.29 is 110 Å². The van der Waals surface area contributed by atoms with Crippen LogP contribution in [0, 0.1) is 35.5 Å². The second-order valence-corrected chi connectivity index (χ2v) is 37.4. The highest BCUT2D eigenvalue weighted by Gasteiger charge is 2.45. The van der Waals surface area contributed by atoms with E-state index in [0.29, 0.717) is 5.56 Å². The van der Waals surface area contributed by atoms with Gasteiger partial charge in [0.2, 0.25) is 47.3 Å². The number of amides is 10. The molecule has 0 aromatic heterocycles. The molecule has 0 unspecified atom stereocenters. The number of nitrogens with zero attached hydrogens (tertiary/aromatic N) is 3. The van der Waals surface area contributed by atoms with E-state index in [1.165, 1.54) is 14.7 Å². The van der Waals surface area contributed by atoms with Crippen molar-refractivity contribution in [3.8, 4) is 22.3 Å². The van der Waals surface area contributed by atoms with Crippen LogP contribution in [0.5, 0.6) is 0 Å². The van der Waals surface area contributed by atoms with Crippen LogP contribution in [0.25, 0.3) is 22.3 Å². The second-order valence-electron chi connectivity index (χ2n) is 37.4. The van der Waals surface area contributed by atoms with Crippen molar-refractivity contribution in [1.29, 1.82) is 0 Å². The number of cyclic esters (lactones) is 2. The molecule has 7 aromatic rings. The third-order valence-corrected chi connectivity index (χ3v) is 26.7. The molecule has 4 aliphatic heterocycles. The quantitative estimate of drug-likeness (QED) is 0.0218. The number of morpholine rings is 2. The monoisotopic (exact) mass is 1930 g/mol. The lowest BCUT2D eigenvalue weighted by molar-refractivity contribution is -0.169. The molecule has 750 valence electrons. The maximum atomic E-state index is 13.5. The van der Waals surface area contributed by atoms with Crippen LogP contribution >= 0.6 is 0 Å². The number of esters is 2. The highest BCUT2D eigenvalue weighted by Crippen LogP contribution is 2.46. The molecule has 0 saturated carbocycles. The molecule has 33 heteroatoms. The summed E-state index contributed by atoms with van der Waals surface area (Å²) in [5.41, 5.74) is 11.1. The van der Waals surface area contributed by atoms with Gasteiger partial charge in [-0.15, -0.1) is 0 Å². The normalized spacial score (nSPS) is 23.1. The molecule has 7 aromatic carbocycles. The first-order valence-electron chi connectivity index (χ1n) is 48.0. The fourth-order valence-electron chi connectivity index (χ4n) is 17.9. The summed E-state index contributed by atoms with van der Waals surface area (Å²) < 4.78 is 21.7. The molecule has 4 saturated heterocycles. The van der Waals surface area contributed by atoms with E-state index in [0.717, 1.165) is 55.6 Å². The van der Waals surface area contributed by atoms with E-state index in [4.69, 9.17) is 18.9 Å². The number of hydrogen-bond donors (Lipinski definition) is 8. The third kappa shape index (κ3) is 27.7. The van der Waals surface area contributed by atoms with Gasteiger partial charge in [0.05, 0.1) is 61.0 Å². The number of carbonyl (C=O) groups is 18. The van der Waals surface area contributed by atoms with Gasteiger partial charge in [-0.1, -0.05) is 230 Å². The molecule has 10 amide bonds. The predicted octanol–water partition coefficient (Wildman–Crippen LogP) is 10.9. The van der Waals surface area contributed by atoms with E-state index in [1.54, 1.807) is 135 Å². The van der Waals surface area contributed by atoms with Crippen LogP contribution in [-0.4, -0.2) is 219 Å². The van der Waals surface area contributed by atoms with Crippen LogP contribution in [0.2, 0.25) is 0 Å². The van der Waals surface area contributed by atoms with Gasteiger partial charge >= 0.3 is 24.1 Å². The van der Waals surface area contributed by atoms with Gasteiger partial charge < -0.3 is 76.0 Å². The lowest BCUT2D eigenvalue weighted by Gasteiger charge is -2.40. The number of fused-ring (bicyclic) bond motifs is 6. The van der Waals surface area contributed by atoms with E-state index in [9.17, 15) is 91.4 Å². The van der Waals surface area contributed by atoms with Gasteiger partial charge in [0.25, 0.3) is 0 Å². The summed E-state index contributed by atoms with van der Waals surface area (Å²) in [6.45, 7) is 25.3. The smallest absolute Gasteiger partial charge is 0.407 e. The summed E-state index contributed by atoms with van der Waals surface area (Å²) in [6.07, 6.45) is -1.78. The summed E-state index contributed by atoms with van der Waals surface area (Å²) in [5.74, 6) is -9.97. The number of aliphatic hydroxyl groups is 1. The van der Waals surface area contributed by atoms with Gasteiger partial charge in [0.15, 0.2) is 34.7 Å². The number of aliphatic hydroxyl groups excluding tert-OH is 1. The van der Waals surface area contributed by atoms with Gasteiger partial charge in [0.1, 0.15) is 50.6 Å². The molecule has 141 heavy (non-hydrogen) atoms. The lowest BCUT2D eigenvalue weighted by atomic mass is 9.92. The molecule has 4 heterocycles. The number of Topliss-reactive ketones (excluding diaryl/α,β-unsaturated/α-hetero) is 6. The van der Waals surface area contributed by atoms with Gasteiger partial charge in [-0.3, -0.25) is 67.1 Å². The molecule has 19 atom stereocenters. The van der Waals surface area contributed by atoms with Crippen molar-refractivity contribution in [2.75, 3.05) is 33.0 Å². The van der Waals surface area contributed by atoms with Crippen molar-refractivity contribution in [3.63, 3.8) is 0 Å². The standard InChI is InChI=1S/2C36H39N3O7.C22H30N2O5.C14H22N2O4/c2*1-21(33(41)37-23(3)34(42)39-24(4)35(43)45-20-31(39)25-12-6-5-7-13-25)18-32(40)22(2)38-36(44)46-19-30-28-16-10-8-14-26(28)27-15-9-11-17-29(27)30;1-13-10-20(27)16(4)24(18(12-25)17-8-6-5-7-9-17)22(29)14(2)11-19(26)15(3)23-21(13)28;1-7-5-11(17)9(3)16-14(20)8(2)6-12(18)10(4)15-13(7)19/h2*5-17,21-24,30-31H,18-20H2,1-4H3,(H,37,41)(H,38,44);5-9,13-16,18,25H,10-12H2,1-4H3,(H,23,28);7-10H,5-6H2,1-4H3,(H,15,19)(H,16,20)/t2*21-,22+,23+,24+,31+;13-,14-,15+,16+,18+;7-,8-,9+,10+/m1111/s1. The minimum absolute atomic E-state index is 0.0130. The van der Waals surface area contributed by atoms with Crippen LogP contribution in [0.3, 0.4) is 0 Å². The SMILES string of the molecule is C[C@@H]1CC(=O)[C@H](C)N([C@@H](CO)c2ccccc2)C(=O)[C@H](C)CC(=O)[C@H](C)NC1=O.C[C@@H]1CC(=O)[C@H](C)NC(=O)[C@H](C)CC(=O)[C@H](C)NC1=O.C[C@H](CC(=O)[C@H](C)NC(=O)OCC1c2ccccc2-c2ccccc21)C(=O)N[C@@H](C)C(=O)N1[C@@H](C)C(=O)OC[C@H]1c1ccccc1.C[C@H](CC(=O)[C@H](C)NC(=O)OCC1c2ccccc2-c2ccccc21)C(=O)N[C@@H](C)C(=O)N1[C@@H](C)C(=O)OC[C@H]1c1ccccc1. The number of nitrogens with one attached hydrogen (secondary N) is 7. The van der Waals surface area contributed by atoms with Crippen molar-refractivity contribution in [1.82, 2.24) is 51.9 Å². The molecule has 8 N–H and O–H groups in total. The molecule has 4 fully saturated rings. The van der Waals surface area contributed by atoms with Crippen LogP contribution in [-0.2, 0) is 95.7 Å². The first kappa shape index (κ1) is 109. The molecule has 33 nitrogen and oxygen atoms in total. The molecule has 13 rings (SSSR count). The third-order valence-electron chi connectivity index (χ3n) is 26.7. The van der Waals surface area contributed by atoms with E-state index in [2.05, 4.69) is 61.5 Å². The summed E-state index contributed by atoms with van der Waals surface area (Å²) in [5, 5.41) is 28.4. The number of hydrogen-bond acceptors (Lipinski definition) is 23. The fraction of sp³-hybridized carbons (Fsp3) is 0.444. The summed E-state index contributed by atoms with van der Waals surface area (Å²) in [7, 11) is 0. The summed E-state index contributed by atoms with van der Waals surface area (Å²) >= 11 is 0. The van der Waals surface area contributed by atoms with Gasteiger partial charge in [0, 0.05) is 85.9 Å². The maximum absolute atomic E-state index is 13.5. The number of alkyl carbamates (subject to hydrolysis) is 2. The van der Waals surface area contributed by atoms with Gasteiger partial charge in [-0.2, -0.15) is 0 Å². The molecule has 2 aliphatic carbocycles. The molecule has 0 radical (unpaired) electrons. The number of rotatable bonds is 23. The van der Waals surface area contributed by atoms with Crippen LogP contribution in [0.4, 0.5) is 9.59 Å². The highest BCUT2D eigenvalue weighted by atomic mass is 16.6. The molecule has 0 spiro atoms. The Kier molecular flexibility index (Phi) is 38.6. The van der Waals surface area contributed by atoms with Crippen LogP contribution in [0.15, 0.2) is 188 Å². The zero-order chi connectivity index (χ0) is 103. The van der Waals surface area contributed by atoms with E-state index in [-0.39, 0.29) is 142 Å². The lowest BCUT2D eigenvalue weighted by Crippen LogP contribution is -2.57. The second kappa shape index (κ2) is 50.1. The highest BCUT2D eigenvalue weighted by molar-refractivity contribution is 6.01. The zero-order valence-electron chi connectivity index (χ0n) is 82.6. The van der Waals surface area contributed by atoms with Gasteiger partial charge in [-0.05, 0) is 130 Å². The Labute approximate surface area is 821 Å². The Morgan fingerprint density at radius 3 is 1.00 bits per heavy atom. The Balaban J connectivity index is 0.000000203. The topological polar surface area (TPSA) is 458 Å². The van der Waals surface area contributed by atoms with Crippen molar-refractivity contribution in [3.05, 3.63) is 227 Å². The first-order valence-corrected chi connectivity index (χ1v) is 48.0. The minimum Gasteiger partial charge on any atom is -0.462 e. The van der Waals surface area contributed by atoms with E-state index >= 15 is 0 Å². The molecule has 0 bridgehead atoms. The number of ketones is 6. The fourth-order valence-corrected chi connectivity index (χ4v) is 17.9. The van der Waals surface area contributed by atoms with E-state index in [1.807, 2.05) is 140 Å². The molecular formula is C108H130N10O23. The Hall–Kier alpha value is -14.2. The van der Waals surface area contributed by atoms with Crippen LogP contribution in [0.1, 0.15) is 218 Å². The van der Waals surface area contributed by atoms with E-state index < -0.39 is 162 Å². The number of carbonyl (C=O) groups excluding carboxylic acids is 18. The Morgan fingerprint density at radius 1 is 0.376 bits per heavy atom. The average Bonchev–Trinajstić information content (AvgIpc) is 1.59. The number of benzene rings is 7. The van der Waals surface area contributed by atoms with Gasteiger partial charge in [-0.25, -0.2) is 19.2 Å². The zero-order valence-corrected chi connectivity index (χ0v) is 82.6. The maximum Gasteiger partial charge on any atom is 0.407 e. The summed E-state index contributed by atoms with van der Waals surface area (Å²) in [4.78, 5) is 232. The Bertz CT molecular complexity index is 5330. The molecule has 6 aliphatic rings. The first-order chi connectivity index (χ1) is 67.0. The Morgan fingerprint density at radius 2 is 0.674 bits per heavy atom.